The van der Waals surface area contributed by atoms with Gasteiger partial charge in [-0.05, 0) is 11.6 Å². The van der Waals surface area contributed by atoms with E-state index in [2.05, 4.69) is 0 Å². The van der Waals surface area contributed by atoms with E-state index < -0.39 is 24.4 Å². The number of halogens is 3. The fourth-order valence-electron chi connectivity index (χ4n) is 1.73. The molecule has 3 nitrogen and oxygen atoms in total. The number of anilines is 1. The zero-order valence-corrected chi connectivity index (χ0v) is 9.07. The Balaban J connectivity index is 2.39. The molecule has 0 aliphatic carbocycles. The summed E-state index contributed by atoms with van der Waals surface area (Å²) in [5, 5.41) is 0. The smallest absolute Gasteiger partial charge is 0.269 e. The Morgan fingerprint density at radius 1 is 1.00 bits per heavy atom. The van der Waals surface area contributed by atoms with Crippen molar-refractivity contribution in [3.05, 3.63) is 42.0 Å². The monoisotopic (exact) mass is 255 g/mol. The third kappa shape index (κ3) is 2.42. The van der Waals surface area contributed by atoms with Gasteiger partial charge in [0.1, 0.15) is 0 Å². The van der Waals surface area contributed by atoms with Gasteiger partial charge in [0.25, 0.3) is 11.8 Å². The van der Waals surface area contributed by atoms with Crippen LogP contribution in [0.5, 0.6) is 0 Å². The minimum atomic E-state index is -4.39. The van der Waals surface area contributed by atoms with E-state index in [1.165, 1.54) is 24.3 Å². The van der Waals surface area contributed by atoms with Gasteiger partial charge in [-0.25, -0.2) is 4.90 Å². The molecule has 2 rings (SSSR count). The highest BCUT2D eigenvalue weighted by Gasteiger charge is 2.32. The van der Waals surface area contributed by atoms with E-state index in [0.29, 0.717) is 0 Å². The lowest BCUT2D eigenvalue weighted by atomic mass is 10.1. The summed E-state index contributed by atoms with van der Waals surface area (Å²) in [4.78, 5) is 23.6. The predicted molar refractivity (Wildman–Crippen MR) is 57.8 cm³/mol. The zero-order valence-electron chi connectivity index (χ0n) is 9.07. The van der Waals surface area contributed by atoms with Crippen molar-refractivity contribution in [2.75, 3.05) is 4.90 Å². The van der Waals surface area contributed by atoms with Gasteiger partial charge < -0.3 is 0 Å². The van der Waals surface area contributed by atoms with Crippen molar-refractivity contribution in [2.45, 2.75) is 12.6 Å². The second-order valence-corrected chi connectivity index (χ2v) is 3.77. The number of hydrogen-bond acceptors (Lipinski definition) is 2. The molecule has 0 fully saturated rings. The van der Waals surface area contributed by atoms with E-state index in [0.717, 1.165) is 17.1 Å². The van der Waals surface area contributed by atoms with E-state index in [1.54, 1.807) is 0 Å². The number of imide groups is 1. The Hall–Kier alpha value is -2.11. The molecule has 0 unspecified atom stereocenters. The molecule has 0 bridgehead atoms. The SMILES string of the molecule is O=C1C=CC(=O)N1c1ccccc1CC(F)(F)F. The molecule has 18 heavy (non-hydrogen) atoms. The van der Waals surface area contributed by atoms with Crippen molar-refractivity contribution in [2.24, 2.45) is 0 Å². The number of hydrogen-bond donors (Lipinski definition) is 0. The highest BCUT2D eigenvalue weighted by molar-refractivity contribution is 6.28. The molecule has 1 aromatic rings. The molecule has 1 heterocycles. The summed E-state index contributed by atoms with van der Waals surface area (Å²) < 4.78 is 37.2. The summed E-state index contributed by atoms with van der Waals surface area (Å²) in [5.74, 6) is -1.26. The fourth-order valence-corrected chi connectivity index (χ4v) is 1.73. The molecule has 0 N–H and O–H groups in total. The summed E-state index contributed by atoms with van der Waals surface area (Å²) in [6.07, 6.45) is -3.50. The molecule has 0 radical (unpaired) electrons. The average molecular weight is 255 g/mol. The molecule has 0 saturated heterocycles. The third-order valence-corrected chi connectivity index (χ3v) is 2.43. The molecule has 0 atom stereocenters. The number of nitrogens with zero attached hydrogens (tertiary/aromatic N) is 1. The summed E-state index contributed by atoms with van der Waals surface area (Å²) >= 11 is 0. The van der Waals surface area contributed by atoms with Crippen LogP contribution in [-0.4, -0.2) is 18.0 Å². The van der Waals surface area contributed by atoms with Crippen LogP contribution in [0.4, 0.5) is 18.9 Å². The van der Waals surface area contributed by atoms with Gasteiger partial charge >= 0.3 is 6.18 Å². The first-order valence-corrected chi connectivity index (χ1v) is 5.09. The summed E-state index contributed by atoms with van der Waals surface area (Å²) in [6.45, 7) is 0. The van der Waals surface area contributed by atoms with Crippen LogP contribution in [0.25, 0.3) is 0 Å². The number of amides is 2. The molecule has 0 spiro atoms. The molecule has 1 aliphatic rings. The predicted octanol–water partition coefficient (Wildman–Crippen LogP) is 2.22. The van der Waals surface area contributed by atoms with Gasteiger partial charge in [-0.3, -0.25) is 9.59 Å². The number of alkyl halides is 3. The molecular weight excluding hydrogens is 247 g/mol. The van der Waals surface area contributed by atoms with E-state index in [1.807, 2.05) is 0 Å². The topological polar surface area (TPSA) is 37.4 Å². The fraction of sp³-hybridized carbons (Fsp3) is 0.167. The van der Waals surface area contributed by atoms with E-state index >= 15 is 0 Å². The van der Waals surface area contributed by atoms with Crippen molar-refractivity contribution in [3.8, 4) is 0 Å². The van der Waals surface area contributed by atoms with Crippen molar-refractivity contribution in [3.63, 3.8) is 0 Å². The lowest BCUT2D eigenvalue weighted by Gasteiger charge is -2.18. The Bertz CT molecular complexity index is 516. The highest BCUT2D eigenvalue weighted by Crippen LogP contribution is 2.29. The first-order valence-electron chi connectivity index (χ1n) is 5.09. The van der Waals surface area contributed by atoms with Crippen LogP contribution in [0.3, 0.4) is 0 Å². The van der Waals surface area contributed by atoms with Crippen molar-refractivity contribution >= 4 is 17.5 Å². The molecule has 2 amide bonds. The second-order valence-electron chi connectivity index (χ2n) is 3.77. The van der Waals surface area contributed by atoms with Gasteiger partial charge in [-0.1, -0.05) is 18.2 Å². The van der Waals surface area contributed by atoms with Crippen LogP contribution in [-0.2, 0) is 16.0 Å². The van der Waals surface area contributed by atoms with Crippen LogP contribution < -0.4 is 4.90 Å². The number of para-hydroxylation sites is 1. The Morgan fingerprint density at radius 2 is 1.56 bits per heavy atom. The maximum atomic E-state index is 12.4. The molecule has 94 valence electrons. The molecule has 0 aromatic heterocycles. The van der Waals surface area contributed by atoms with E-state index in [-0.39, 0.29) is 11.3 Å². The van der Waals surface area contributed by atoms with Crippen molar-refractivity contribution < 1.29 is 22.8 Å². The van der Waals surface area contributed by atoms with Crippen LogP contribution in [0.15, 0.2) is 36.4 Å². The molecular formula is C12H8F3NO2. The second kappa shape index (κ2) is 4.29. The summed E-state index contributed by atoms with van der Waals surface area (Å²) in [5.41, 5.74) is -0.120. The number of benzene rings is 1. The van der Waals surface area contributed by atoms with E-state index in [4.69, 9.17) is 0 Å². The standard InChI is InChI=1S/C12H8F3NO2/c13-12(14,15)7-8-3-1-2-4-9(8)16-10(17)5-6-11(16)18/h1-6H,7H2. The first kappa shape index (κ1) is 12.3. The Labute approximate surface area is 101 Å². The lowest BCUT2D eigenvalue weighted by Crippen LogP contribution is -2.31. The summed E-state index contributed by atoms with van der Waals surface area (Å²) in [6, 6.07) is 5.49. The highest BCUT2D eigenvalue weighted by atomic mass is 19.4. The van der Waals surface area contributed by atoms with Crippen LogP contribution in [0.1, 0.15) is 5.56 Å². The van der Waals surface area contributed by atoms with Gasteiger partial charge in [0.05, 0.1) is 12.1 Å². The van der Waals surface area contributed by atoms with E-state index in [9.17, 15) is 22.8 Å². The van der Waals surface area contributed by atoms with Gasteiger partial charge in [0.2, 0.25) is 0 Å². The summed E-state index contributed by atoms with van der Waals surface area (Å²) in [7, 11) is 0. The zero-order chi connectivity index (χ0) is 13.3. The minimum absolute atomic E-state index is 0.0187. The van der Waals surface area contributed by atoms with Crippen molar-refractivity contribution in [1.82, 2.24) is 0 Å². The van der Waals surface area contributed by atoms with Gasteiger partial charge in [0, 0.05) is 12.2 Å². The third-order valence-electron chi connectivity index (χ3n) is 2.43. The van der Waals surface area contributed by atoms with Gasteiger partial charge in [-0.2, -0.15) is 13.2 Å². The molecule has 6 heteroatoms. The maximum absolute atomic E-state index is 12.4. The Kier molecular flexibility index (Phi) is 2.94. The molecule has 0 saturated carbocycles. The number of rotatable bonds is 2. The normalized spacial score (nSPS) is 15.6. The molecule has 1 aromatic carbocycles. The largest absolute Gasteiger partial charge is 0.393 e. The quantitative estimate of drug-likeness (QED) is 0.760. The minimum Gasteiger partial charge on any atom is -0.269 e. The van der Waals surface area contributed by atoms with Crippen LogP contribution in [0, 0.1) is 0 Å². The first-order chi connectivity index (χ1) is 8.38. The van der Waals surface area contributed by atoms with Gasteiger partial charge in [-0.15, -0.1) is 0 Å². The van der Waals surface area contributed by atoms with Crippen LogP contribution >= 0.6 is 0 Å². The van der Waals surface area contributed by atoms with Crippen molar-refractivity contribution in [1.29, 1.82) is 0 Å². The van der Waals surface area contributed by atoms with Crippen LogP contribution in [0.2, 0.25) is 0 Å². The number of carbonyl (C=O) groups excluding carboxylic acids is 2. The average Bonchev–Trinajstić information content (AvgIpc) is 2.58. The maximum Gasteiger partial charge on any atom is 0.393 e. The van der Waals surface area contributed by atoms with Gasteiger partial charge in [0.15, 0.2) is 0 Å². The number of carbonyl (C=O) groups is 2. The molecule has 1 aliphatic heterocycles. The lowest BCUT2D eigenvalue weighted by molar-refractivity contribution is -0.127. The Morgan fingerprint density at radius 3 is 2.11 bits per heavy atom.